The maximum atomic E-state index is 12.7. The number of anilines is 1. The normalized spacial score (nSPS) is 11.4. The average Bonchev–Trinajstić information content (AvgIpc) is 3.19. The Morgan fingerprint density at radius 1 is 1.03 bits per heavy atom. The summed E-state index contributed by atoms with van der Waals surface area (Å²) in [6.07, 6.45) is 2.43. The summed E-state index contributed by atoms with van der Waals surface area (Å²) in [6, 6.07) is 18.7. The van der Waals surface area contributed by atoms with Crippen LogP contribution >= 0.6 is 0 Å². The number of aromatic amines is 1. The zero-order chi connectivity index (χ0) is 25.5. The lowest BCUT2D eigenvalue weighted by atomic mass is 10.0. The average molecular weight is 490 g/mol. The van der Waals surface area contributed by atoms with Gasteiger partial charge in [0.2, 0.25) is 5.88 Å². The highest BCUT2D eigenvalue weighted by atomic mass is 16.5. The van der Waals surface area contributed by atoms with E-state index in [0.29, 0.717) is 36.7 Å². The van der Waals surface area contributed by atoms with Gasteiger partial charge in [-0.15, -0.1) is 0 Å². The van der Waals surface area contributed by atoms with Crippen LogP contribution in [-0.4, -0.2) is 53.4 Å². The Kier molecular flexibility index (Phi) is 8.40. The molecule has 190 valence electrons. The zero-order valence-electron chi connectivity index (χ0n) is 21.3. The fourth-order valence-corrected chi connectivity index (χ4v) is 4.22. The number of unbranched alkanes of at least 4 members (excludes halogenated alkanes) is 1. The summed E-state index contributed by atoms with van der Waals surface area (Å²) in [6.45, 7) is 5.48. The van der Waals surface area contributed by atoms with E-state index in [1.165, 1.54) is 24.0 Å². The molecule has 0 bridgehead atoms. The van der Waals surface area contributed by atoms with Crippen molar-refractivity contribution >= 4 is 16.9 Å². The molecule has 0 radical (unpaired) electrons. The number of methoxy groups -OCH3 is 1. The van der Waals surface area contributed by atoms with Crippen molar-refractivity contribution in [2.24, 2.45) is 0 Å². The Morgan fingerprint density at radius 2 is 1.69 bits per heavy atom. The number of pyridine rings is 1. The second kappa shape index (κ2) is 11.9. The molecule has 4 rings (SSSR count). The van der Waals surface area contributed by atoms with E-state index in [1.807, 2.05) is 12.1 Å². The number of imidazole rings is 1. The molecule has 0 amide bonds. The summed E-state index contributed by atoms with van der Waals surface area (Å²) >= 11 is 0. The Labute approximate surface area is 211 Å². The summed E-state index contributed by atoms with van der Waals surface area (Å²) in [4.78, 5) is 22.1. The number of nitrogens with two attached hydrogens (primary N) is 1. The highest BCUT2D eigenvalue weighted by Crippen LogP contribution is 2.24. The number of ether oxygens (including phenoxy) is 2. The Hall–Kier alpha value is -3.62. The van der Waals surface area contributed by atoms with Crippen molar-refractivity contribution in [3.8, 4) is 17.0 Å². The molecule has 4 aromatic rings. The van der Waals surface area contributed by atoms with Crippen LogP contribution in [0.2, 0.25) is 0 Å². The molecule has 0 saturated carbocycles. The number of benzene rings is 2. The predicted octanol–water partition coefficient (Wildman–Crippen LogP) is 4.28. The fraction of sp³-hybridized carbons (Fsp3) is 0.357. The largest absolute Gasteiger partial charge is 0.475 e. The first kappa shape index (κ1) is 25.5. The molecule has 2 heterocycles. The van der Waals surface area contributed by atoms with Crippen LogP contribution in [0.25, 0.3) is 22.2 Å². The van der Waals surface area contributed by atoms with Crippen LogP contribution in [0, 0.1) is 0 Å². The van der Waals surface area contributed by atoms with Gasteiger partial charge in [-0.05, 0) is 42.3 Å². The second-order valence-corrected chi connectivity index (χ2v) is 9.08. The SMILES string of the molecule is CCCCN(C)Cc1ccc(-c2ccc(Cn3c(=O)[nH]c4c(N)nc(OCCOC)cc43)cc2)cc1. The van der Waals surface area contributed by atoms with Crippen molar-refractivity contribution in [1.29, 1.82) is 0 Å². The molecular formula is C28H35N5O3. The monoisotopic (exact) mass is 489 g/mol. The van der Waals surface area contributed by atoms with Crippen molar-refractivity contribution in [2.45, 2.75) is 32.9 Å². The molecule has 0 unspecified atom stereocenters. The molecule has 8 heteroatoms. The van der Waals surface area contributed by atoms with Crippen molar-refractivity contribution in [3.05, 3.63) is 76.2 Å². The summed E-state index contributed by atoms with van der Waals surface area (Å²) in [7, 11) is 3.77. The Balaban J connectivity index is 1.48. The van der Waals surface area contributed by atoms with E-state index in [0.717, 1.165) is 24.2 Å². The summed E-state index contributed by atoms with van der Waals surface area (Å²) in [5, 5.41) is 0. The van der Waals surface area contributed by atoms with Gasteiger partial charge in [0.15, 0.2) is 5.82 Å². The molecule has 0 spiro atoms. The van der Waals surface area contributed by atoms with Crippen LogP contribution in [0.5, 0.6) is 5.88 Å². The van der Waals surface area contributed by atoms with Crippen LogP contribution < -0.4 is 16.2 Å². The maximum absolute atomic E-state index is 12.7. The van der Waals surface area contributed by atoms with Crippen LogP contribution in [0.1, 0.15) is 30.9 Å². The summed E-state index contributed by atoms with van der Waals surface area (Å²) in [5.41, 5.74) is 11.6. The molecule has 8 nitrogen and oxygen atoms in total. The van der Waals surface area contributed by atoms with Gasteiger partial charge < -0.3 is 25.1 Å². The molecule has 0 atom stereocenters. The van der Waals surface area contributed by atoms with E-state index in [4.69, 9.17) is 15.2 Å². The molecule has 2 aromatic heterocycles. The number of H-pyrrole nitrogens is 1. The fourth-order valence-electron chi connectivity index (χ4n) is 4.22. The lowest BCUT2D eigenvalue weighted by molar-refractivity contribution is 0.144. The third-order valence-corrected chi connectivity index (χ3v) is 6.24. The number of aromatic nitrogens is 3. The van der Waals surface area contributed by atoms with Gasteiger partial charge in [-0.25, -0.2) is 4.79 Å². The molecule has 36 heavy (non-hydrogen) atoms. The minimum Gasteiger partial charge on any atom is -0.475 e. The quantitative estimate of drug-likeness (QED) is 0.288. The molecule has 0 aliphatic rings. The van der Waals surface area contributed by atoms with E-state index in [9.17, 15) is 4.79 Å². The van der Waals surface area contributed by atoms with Gasteiger partial charge in [0, 0.05) is 19.7 Å². The van der Waals surface area contributed by atoms with Gasteiger partial charge in [-0.1, -0.05) is 61.9 Å². The van der Waals surface area contributed by atoms with Crippen LogP contribution in [0.4, 0.5) is 5.82 Å². The Bertz CT molecular complexity index is 1330. The smallest absolute Gasteiger partial charge is 0.326 e. The van der Waals surface area contributed by atoms with Gasteiger partial charge in [0.05, 0.1) is 18.7 Å². The van der Waals surface area contributed by atoms with Gasteiger partial charge in [0.25, 0.3) is 0 Å². The first-order chi connectivity index (χ1) is 17.5. The lowest BCUT2D eigenvalue weighted by Gasteiger charge is -2.16. The van der Waals surface area contributed by atoms with Gasteiger partial charge >= 0.3 is 5.69 Å². The molecular weight excluding hydrogens is 454 g/mol. The van der Waals surface area contributed by atoms with Gasteiger partial charge in [0.1, 0.15) is 12.1 Å². The molecule has 0 saturated heterocycles. The van der Waals surface area contributed by atoms with E-state index < -0.39 is 0 Å². The minimum absolute atomic E-state index is 0.228. The predicted molar refractivity (Wildman–Crippen MR) is 144 cm³/mol. The topological polar surface area (TPSA) is 98.4 Å². The zero-order valence-corrected chi connectivity index (χ0v) is 21.3. The van der Waals surface area contributed by atoms with Crippen LogP contribution in [0.15, 0.2) is 59.4 Å². The standard InChI is InChI=1S/C28H35N5O3/c1-4-5-14-32(2)18-20-6-10-22(11-7-20)23-12-8-21(9-13-23)19-33-24-17-25(36-16-15-35-3)30-27(29)26(24)31-28(33)34/h6-13,17H,4-5,14-16,18-19H2,1-3H3,(H2,29,30)(H,31,34). The van der Waals surface area contributed by atoms with Crippen molar-refractivity contribution in [2.75, 3.05) is 39.6 Å². The number of nitrogen functional groups attached to an aromatic ring is 1. The first-order valence-electron chi connectivity index (χ1n) is 12.4. The van der Waals surface area contributed by atoms with E-state index in [1.54, 1.807) is 17.7 Å². The third-order valence-electron chi connectivity index (χ3n) is 6.24. The van der Waals surface area contributed by atoms with Gasteiger partial charge in [-0.3, -0.25) is 4.57 Å². The van der Waals surface area contributed by atoms with E-state index >= 15 is 0 Å². The highest BCUT2D eigenvalue weighted by molar-refractivity contribution is 5.85. The third kappa shape index (κ3) is 6.13. The Morgan fingerprint density at radius 3 is 2.33 bits per heavy atom. The summed E-state index contributed by atoms with van der Waals surface area (Å²) < 4.78 is 12.3. The van der Waals surface area contributed by atoms with E-state index in [2.05, 4.69) is 65.2 Å². The molecule has 2 aromatic carbocycles. The number of nitrogens with zero attached hydrogens (tertiary/aromatic N) is 3. The molecule has 0 aliphatic heterocycles. The number of rotatable bonds is 12. The maximum Gasteiger partial charge on any atom is 0.326 e. The molecule has 0 fully saturated rings. The number of fused-ring (bicyclic) bond motifs is 1. The van der Waals surface area contributed by atoms with Crippen molar-refractivity contribution < 1.29 is 9.47 Å². The lowest BCUT2D eigenvalue weighted by Crippen LogP contribution is -2.18. The van der Waals surface area contributed by atoms with Crippen molar-refractivity contribution in [1.82, 2.24) is 19.4 Å². The first-order valence-corrected chi connectivity index (χ1v) is 12.4. The van der Waals surface area contributed by atoms with Crippen LogP contribution in [0.3, 0.4) is 0 Å². The summed E-state index contributed by atoms with van der Waals surface area (Å²) in [5.74, 6) is 0.589. The molecule has 3 N–H and O–H groups in total. The molecule has 0 aliphatic carbocycles. The minimum atomic E-state index is -0.240. The number of nitrogens with one attached hydrogen (secondary N) is 1. The van der Waals surface area contributed by atoms with Crippen molar-refractivity contribution in [3.63, 3.8) is 0 Å². The van der Waals surface area contributed by atoms with Gasteiger partial charge in [-0.2, -0.15) is 4.98 Å². The number of hydrogen-bond acceptors (Lipinski definition) is 6. The van der Waals surface area contributed by atoms with Crippen LogP contribution in [-0.2, 0) is 17.8 Å². The van der Waals surface area contributed by atoms with E-state index in [-0.39, 0.29) is 11.5 Å². The number of hydrogen-bond donors (Lipinski definition) is 2. The second-order valence-electron chi connectivity index (χ2n) is 9.08. The highest BCUT2D eigenvalue weighted by Gasteiger charge is 2.13.